The van der Waals surface area contributed by atoms with Gasteiger partial charge < -0.3 is 4.90 Å². The Morgan fingerprint density at radius 1 is 1.25 bits per heavy atom. The van der Waals surface area contributed by atoms with Crippen LogP contribution in [0, 0.1) is 0 Å². The first-order valence-electron chi connectivity index (χ1n) is 6.55. The molecule has 5 heteroatoms. The van der Waals surface area contributed by atoms with E-state index in [-0.39, 0.29) is 11.3 Å². The molecule has 0 spiro atoms. The third-order valence-corrected chi connectivity index (χ3v) is 4.50. The molecular formula is C15H15N3OS. The minimum absolute atomic E-state index is 0.0420. The van der Waals surface area contributed by atoms with Crippen molar-refractivity contribution in [2.24, 2.45) is 0 Å². The lowest BCUT2D eigenvalue weighted by Crippen LogP contribution is -2.30. The summed E-state index contributed by atoms with van der Waals surface area (Å²) in [6, 6.07) is 9.80. The van der Waals surface area contributed by atoms with E-state index in [9.17, 15) is 4.79 Å². The largest absolute Gasteiger partial charge is 0.324 e. The van der Waals surface area contributed by atoms with E-state index in [1.807, 2.05) is 41.4 Å². The number of hydrogen-bond acceptors (Lipinski definition) is 4. The summed E-state index contributed by atoms with van der Waals surface area (Å²) in [5.41, 5.74) is 2.10. The summed E-state index contributed by atoms with van der Waals surface area (Å²) in [6.07, 6.45) is 6.21. The van der Waals surface area contributed by atoms with Gasteiger partial charge in [-0.2, -0.15) is 0 Å². The zero-order valence-corrected chi connectivity index (χ0v) is 11.8. The van der Waals surface area contributed by atoms with Gasteiger partial charge in [-0.05, 0) is 30.2 Å². The molecule has 0 aromatic carbocycles. The van der Waals surface area contributed by atoms with Crippen LogP contribution in [0.3, 0.4) is 0 Å². The van der Waals surface area contributed by atoms with Gasteiger partial charge in [0.15, 0.2) is 0 Å². The number of nitrogens with zero attached hydrogens (tertiary/aromatic N) is 3. The van der Waals surface area contributed by atoms with E-state index >= 15 is 0 Å². The number of thioether (sulfide) groups is 1. The van der Waals surface area contributed by atoms with Crippen LogP contribution in [0.25, 0.3) is 0 Å². The van der Waals surface area contributed by atoms with Crippen molar-refractivity contribution >= 4 is 17.7 Å². The van der Waals surface area contributed by atoms with Crippen molar-refractivity contribution in [3.63, 3.8) is 0 Å². The smallest absolute Gasteiger partial charge is 0.233 e. The molecular weight excluding hydrogens is 270 g/mol. The molecule has 1 fully saturated rings. The first-order valence-corrected chi connectivity index (χ1v) is 7.60. The summed E-state index contributed by atoms with van der Waals surface area (Å²) in [6.45, 7) is 0.707. The zero-order chi connectivity index (χ0) is 13.8. The summed E-state index contributed by atoms with van der Waals surface area (Å²) in [4.78, 5) is 22.4. The molecule has 1 atom stereocenters. The standard InChI is InChI=1S/C15H15N3OS/c19-14-11-20-15(13-5-1-2-8-17-13)18(14)9-6-12-4-3-7-16-10-12/h1-5,7-8,10,15H,6,9,11H2. The lowest BCUT2D eigenvalue weighted by molar-refractivity contribution is -0.128. The van der Waals surface area contributed by atoms with Crippen LogP contribution in [0.1, 0.15) is 16.6 Å². The van der Waals surface area contributed by atoms with Crippen LogP contribution in [-0.2, 0) is 11.2 Å². The molecule has 0 radical (unpaired) electrons. The van der Waals surface area contributed by atoms with Gasteiger partial charge in [0.1, 0.15) is 5.37 Å². The van der Waals surface area contributed by atoms with Crippen LogP contribution < -0.4 is 0 Å². The van der Waals surface area contributed by atoms with Gasteiger partial charge in [-0.15, -0.1) is 11.8 Å². The zero-order valence-electron chi connectivity index (χ0n) is 11.0. The molecule has 1 aliphatic heterocycles. The van der Waals surface area contributed by atoms with Crippen molar-refractivity contribution in [1.29, 1.82) is 0 Å². The van der Waals surface area contributed by atoms with Gasteiger partial charge in [0.2, 0.25) is 5.91 Å². The molecule has 20 heavy (non-hydrogen) atoms. The van der Waals surface area contributed by atoms with Crippen molar-refractivity contribution in [2.45, 2.75) is 11.8 Å². The van der Waals surface area contributed by atoms with Crippen LogP contribution in [-0.4, -0.2) is 33.1 Å². The number of amides is 1. The molecule has 0 saturated carbocycles. The highest BCUT2D eigenvalue weighted by atomic mass is 32.2. The third kappa shape index (κ3) is 2.82. The highest BCUT2D eigenvalue weighted by Gasteiger charge is 2.33. The van der Waals surface area contributed by atoms with E-state index in [1.54, 1.807) is 24.2 Å². The van der Waals surface area contributed by atoms with Gasteiger partial charge in [0.25, 0.3) is 0 Å². The predicted molar refractivity (Wildman–Crippen MR) is 79.1 cm³/mol. The van der Waals surface area contributed by atoms with Gasteiger partial charge >= 0.3 is 0 Å². The highest BCUT2D eigenvalue weighted by Crippen LogP contribution is 2.37. The highest BCUT2D eigenvalue weighted by molar-refractivity contribution is 8.00. The monoisotopic (exact) mass is 285 g/mol. The average Bonchev–Trinajstić information content (AvgIpc) is 2.88. The molecule has 3 rings (SSSR count). The van der Waals surface area contributed by atoms with E-state index in [4.69, 9.17) is 0 Å². The molecule has 1 amide bonds. The molecule has 1 saturated heterocycles. The van der Waals surface area contributed by atoms with Gasteiger partial charge in [0, 0.05) is 25.1 Å². The minimum atomic E-state index is 0.0420. The number of aromatic nitrogens is 2. The molecule has 102 valence electrons. The Kier molecular flexibility index (Phi) is 3.97. The minimum Gasteiger partial charge on any atom is -0.324 e. The molecule has 1 unspecified atom stereocenters. The summed E-state index contributed by atoms with van der Waals surface area (Å²) in [7, 11) is 0. The fourth-order valence-electron chi connectivity index (χ4n) is 2.26. The molecule has 3 heterocycles. The van der Waals surface area contributed by atoms with Crippen molar-refractivity contribution in [3.05, 3.63) is 60.2 Å². The van der Waals surface area contributed by atoms with Gasteiger partial charge in [-0.3, -0.25) is 14.8 Å². The van der Waals surface area contributed by atoms with E-state index in [0.29, 0.717) is 12.3 Å². The summed E-state index contributed by atoms with van der Waals surface area (Å²) in [5.74, 6) is 0.725. The maximum absolute atomic E-state index is 12.0. The first-order chi connectivity index (χ1) is 9.84. The second-order valence-corrected chi connectivity index (χ2v) is 5.68. The fraction of sp³-hybridized carbons (Fsp3) is 0.267. The molecule has 4 nitrogen and oxygen atoms in total. The van der Waals surface area contributed by atoms with Crippen molar-refractivity contribution in [3.8, 4) is 0 Å². The number of hydrogen-bond donors (Lipinski definition) is 0. The Balaban J connectivity index is 1.71. The topological polar surface area (TPSA) is 46.1 Å². The molecule has 0 N–H and O–H groups in total. The molecule has 1 aliphatic rings. The number of rotatable bonds is 4. The van der Waals surface area contributed by atoms with Gasteiger partial charge in [-0.1, -0.05) is 12.1 Å². The Bertz CT molecular complexity index is 576. The van der Waals surface area contributed by atoms with Crippen LogP contribution in [0.2, 0.25) is 0 Å². The number of pyridine rings is 2. The Morgan fingerprint density at radius 3 is 2.95 bits per heavy atom. The van der Waals surface area contributed by atoms with E-state index in [0.717, 1.165) is 17.7 Å². The SMILES string of the molecule is O=C1CSC(c2ccccn2)N1CCc1cccnc1. The van der Waals surface area contributed by atoms with Gasteiger partial charge in [-0.25, -0.2) is 0 Å². The summed E-state index contributed by atoms with van der Waals surface area (Å²) < 4.78 is 0. The maximum Gasteiger partial charge on any atom is 0.233 e. The van der Waals surface area contributed by atoms with E-state index in [2.05, 4.69) is 9.97 Å². The summed E-state index contributed by atoms with van der Waals surface area (Å²) in [5, 5.41) is 0.0420. The number of carbonyl (C=O) groups is 1. The Morgan fingerprint density at radius 2 is 2.20 bits per heavy atom. The molecule has 2 aromatic heterocycles. The molecule has 2 aromatic rings. The van der Waals surface area contributed by atoms with Crippen LogP contribution in [0.5, 0.6) is 0 Å². The maximum atomic E-state index is 12.0. The van der Waals surface area contributed by atoms with Gasteiger partial charge in [0.05, 0.1) is 11.4 Å². The molecule has 0 bridgehead atoms. The van der Waals surface area contributed by atoms with E-state index < -0.39 is 0 Å². The second-order valence-electron chi connectivity index (χ2n) is 4.62. The van der Waals surface area contributed by atoms with Crippen LogP contribution >= 0.6 is 11.8 Å². The molecule has 0 aliphatic carbocycles. The third-order valence-electron chi connectivity index (χ3n) is 3.27. The van der Waals surface area contributed by atoms with E-state index in [1.165, 1.54) is 0 Å². The Hall–Kier alpha value is -1.88. The fourth-order valence-corrected chi connectivity index (χ4v) is 3.44. The lowest BCUT2D eigenvalue weighted by Gasteiger charge is -2.23. The van der Waals surface area contributed by atoms with Crippen LogP contribution in [0.4, 0.5) is 0 Å². The quantitative estimate of drug-likeness (QED) is 0.864. The average molecular weight is 285 g/mol. The van der Waals surface area contributed by atoms with Crippen molar-refractivity contribution < 1.29 is 4.79 Å². The lowest BCUT2D eigenvalue weighted by atomic mass is 10.2. The van der Waals surface area contributed by atoms with Crippen molar-refractivity contribution in [2.75, 3.05) is 12.3 Å². The number of carbonyl (C=O) groups excluding carboxylic acids is 1. The van der Waals surface area contributed by atoms with Crippen molar-refractivity contribution in [1.82, 2.24) is 14.9 Å². The predicted octanol–water partition coefficient (Wildman–Crippen LogP) is 2.29. The first kappa shape index (κ1) is 13.1. The summed E-state index contributed by atoms with van der Waals surface area (Å²) >= 11 is 1.65. The second kappa shape index (κ2) is 6.05. The Labute approximate surface area is 122 Å². The normalized spacial score (nSPS) is 18.5. The van der Waals surface area contributed by atoms with Crippen LogP contribution in [0.15, 0.2) is 48.9 Å².